The van der Waals surface area contributed by atoms with Crippen molar-refractivity contribution >= 4 is 28.3 Å². The number of benzene rings is 1. The molecule has 1 aliphatic rings. The van der Waals surface area contributed by atoms with Crippen molar-refractivity contribution in [3.63, 3.8) is 0 Å². The van der Waals surface area contributed by atoms with Gasteiger partial charge in [-0.15, -0.1) is 11.3 Å². The molecule has 32 heavy (non-hydrogen) atoms. The van der Waals surface area contributed by atoms with E-state index in [1.54, 1.807) is 29.3 Å². The van der Waals surface area contributed by atoms with Crippen molar-refractivity contribution in [3.05, 3.63) is 70.6 Å². The number of nitrogens with zero attached hydrogens (tertiary/aromatic N) is 2. The topological polar surface area (TPSA) is 75.4 Å². The summed E-state index contributed by atoms with van der Waals surface area (Å²) in [6.45, 7) is 1.74. The normalized spacial score (nSPS) is 14.8. The standard InChI is InChI=1S/C22H20F3N3O3S/c1-13(14-4-2-5-15(10-14)22(23,24)25)28(17-7-8-17)19(29)11-16-12-32-21(26-16)27-20(30)18-6-3-9-31-18/h2-6,9-10,12-13,17H,7-8,11H2,1H3,(H,26,27,30). The zero-order valence-electron chi connectivity index (χ0n) is 17.1. The molecular weight excluding hydrogens is 443 g/mol. The van der Waals surface area contributed by atoms with E-state index in [1.807, 2.05) is 0 Å². The Morgan fingerprint density at radius 2 is 2.06 bits per heavy atom. The average molecular weight is 463 g/mol. The first-order chi connectivity index (χ1) is 15.2. The van der Waals surface area contributed by atoms with Gasteiger partial charge in [-0.3, -0.25) is 14.9 Å². The molecule has 0 spiro atoms. The molecule has 3 aromatic rings. The lowest BCUT2D eigenvalue weighted by molar-refractivity contribution is -0.137. The summed E-state index contributed by atoms with van der Waals surface area (Å²) in [6, 6.07) is 7.70. The number of hydrogen-bond acceptors (Lipinski definition) is 5. The number of carbonyl (C=O) groups excluding carboxylic acids is 2. The summed E-state index contributed by atoms with van der Waals surface area (Å²) in [5.74, 6) is -0.515. The van der Waals surface area contributed by atoms with Crippen LogP contribution in [0.5, 0.6) is 0 Å². The number of nitrogens with one attached hydrogen (secondary N) is 1. The maximum absolute atomic E-state index is 13.1. The quantitative estimate of drug-likeness (QED) is 0.516. The lowest BCUT2D eigenvalue weighted by atomic mass is 10.0. The molecule has 1 N–H and O–H groups in total. The van der Waals surface area contributed by atoms with Crippen LogP contribution in [0.15, 0.2) is 52.5 Å². The molecule has 10 heteroatoms. The van der Waals surface area contributed by atoms with Crippen LogP contribution in [0.25, 0.3) is 0 Å². The van der Waals surface area contributed by atoms with E-state index in [-0.39, 0.29) is 24.1 Å². The molecule has 1 fully saturated rings. The van der Waals surface area contributed by atoms with E-state index in [0.29, 0.717) is 16.4 Å². The van der Waals surface area contributed by atoms with Crippen molar-refractivity contribution in [2.75, 3.05) is 5.32 Å². The van der Waals surface area contributed by atoms with Crippen molar-refractivity contribution in [1.29, 1.82) is 0 Å². The molecule has 0 bridgehead atoms. The van der Waals surface area contributed by atoms with Gasteiger partial charge in [-0.25, -0.2) is 4.98 Å². The molecule has 2 amide bonds. The molecule has 4 rings (SSSR count). The van der Waals surface area contributed by atoms with Crippen LogP contribution in [0.1, 0.15) is 53.2 Å². The predicted octanol–water partition coefficient (Wildman–Crippen LogP) is 5.30. The number of aromatic nitrogens is 1. The molecule has 1 unspecified atom stereocenters. The Morgan fingerprint density at radius 1 is 1.28 bits per heavy atom. The summed E-state index contributed by atoms with van der Waals surface area (Å²) in [4.78, 5) is 31.1. The first kappa shape index (κ1) is 22.1. The third kappa shape index (κ3) is 5.01. The molecule has 1 aromatic carbocycles. The van der Waals surface area contributed by atoms with Crippen LogP contribution in [0.3, 0.4) is 0 Å². The van der Waals surface area contributed by atoms with Gasteiger partial charge in [0.05, 0.1) is 30.0 Å². The molecule has 0 radical (unpaired) electrons. The van der Waals surface area contributed by atoms with Crippen LogP contribution in [-0.4, -0.2) is 27.7 Å². The van der Waals surface area contributed by atoms with Crippen LogP contribution < -0.4 is 5.32 Å². The molecule has 2 aromatic heterocycles. The minimum absolute atomic E-state index is 0.00352. The van der Waals surface area contributed by atoms with E-state index in [1.165, 1.54) is 29.7 Å². The summed E-state index contributed by atoms with van der Waals surface area (Å²) < 4.78 is 44.4. The number of furan rings is 1. The second-order valence-corrected chi connectivity index (χ2v) is 8.44. The van der Waals surface area contributed by atoms with E-state index in [0.717, 1.165) is 25.0 Å². The van der Waals surface area contributed by atoms with Gasteiger partial charge < -0.3 is 9.32 Å². The van der Waals surface area contributed by atoms with Gasteiger partial charge in [0.1, 0.15) is 0 Å². The van der Waals surface area contributed by atoms with Crippen molar-refractivity contribution in [1.82, 2.24) is 9.88 Å². The fraction of sp³-hybridized carbons (Fsp3) is 0.318. The first-order valence-electron chi connectivity index (χ1n) is 10.00. The van der Waals surface area contributed by atoms with Crippen molar-refractivity contribution in [2.24, 2.45) is 0 Å². The fourth-order valence-electron chi connectivity index (χ4n) is 3.48. The number of anilines is 1. The highest BCUT2D eigenvalue weighted by atomic mass is 32.1. The van der Waals surface area contributed by atoms with Gasteiger partial charge in [0.2, 0.25) is 5.91 Å². The summed E-state index contributed by atoms with van der Waals surface area (Å²) in [5.41, 5.74) is 0.183. The maximum atomic E-state index is 13.1. The zero-order chi connectivity index (χ0) is 22.9. The summed E-state index contributed by atoms with van der Waals surface area (Å²) >= 11 is 1.18. The Morgan fingerprint density at radius 3 is 2.72 bits per heavy atom. The van der Waals surface area contributed by atoms with Gasteiger partial charge in [-0.2, -0.15) is 13.2 Å². The molecule has 1 atom stereocenters. The third-order valence-electron chi connectivity index (χ3n) is 5.19. The number of rotatable bonds is 7. The van der Waals surface area contributed by atoms with Gasteiger partial charge in [0, 0.05) is 11.4 Å². The van der Waals surface area contributed by atoms with Crippen LogP contribution in [0.4, 0.5) is 18.3 Å². The van der Waals surface area contributed by atoms with Gasteiger partial charge in [-0.1, -0.05) is 12.1 Å². The molecular formula is C22H20F3N3O3S. The lowest BCUT2D eigenvalue weighted by Gasteiger charge is -2.30. The minimum atomic E-state index is -4.44. The molecule has 0 aliphatic heterocycles. The zero-order valence-corrected chi connectivity index (χ0v) is 17.9. The van der Waals surface area contributed by atoms with Crippen LogP contribution in [0, 0.1) is 0 Å². The summed E-state index contributed by atoms with van der Waals surface area (Å²) in [7, 11) is 0. The number of alkyl halides is 3. The van der Waals surface area contributed by atoms with Crippen molar-refractivity contribution in [3.8, 4) is 0 Å². The predicted molar refractivity (Wildman–Crippen MR) is 112 cm³/mol. The fourth-order valence-corrected chi connectivity index (χ4v) is 4.19. The number of thiazole rings is 1. The van der Waals surface area contributed by atoms with E-state index in [4.69, 9.17) is 4.42 Å². The third-order valence-corrected chi connectivity index (χ3v) is 6.00. The average Bonchev–Trinajstić information content (AvgIpc) is 3.23. The highest BCUT2D eigenvalue weighted by molar-refractivity contribution is 7.14. The van der Waals surface area contributed by atoms with E-state index in [9.17, 15) is 22.8 Å². The Labute approximate surface area is 186 Å². The highest BCUT2D eigenvalue weighted by Crippen LogP contribution is 2.37. The monoisotopic (exact) mass is 463 g/mol. The highest BCUT2D eigenvalue weighted by Gasteiger charge is 2.37. The van der Waals surface area contributed by atoms with Crippen LogP contribution in [0.2, 0.25) is 0 Å². The van der Waals surface area contributed by atoms with E-state index >= 15 is 0 Å². The van der Waals surface area contributed by atoms with Gasteiger partial charge in [-0.05, 0) is 49.6 Å². The Bertz CT molecular complexity index is 1110. The van der Waals surface area contributed by atoms with Crippen molar-refractivity contribution < 1.29 is 27.2 Å². The number of carbonyl (C=O) groups is 2. The number of amides is 2. The SMILES string of the molecule is CC(c1cccc(C(F)(F)F)c1)N(C(=O)Cc1csc(NC(=O)c2ccco2)n1)C1CC1. The van der Waals surface area contributed by atoms with E-state index in [2.05, 4.69) is 10.3 Å². The molecule has 6 nitrogen and oxygen atoms in total. The van der Waals surface area contributed by atoms with E-state index < -0.39 is 23.7 Å². The summed E-state index contributed by atoms with van der Waals surface area (Å²) in [5, 5.41) is 4.62. The molecule has 2 heterocycles. The van der Waals surface area contributed by atoms with Crippen LogP contribution in [-0.2, 0) is 17.4 Å². The Balaban J connectivity index is 1.45. The maximum Gasteiger partial charge on any atom is 0.416 e. The van der Waals surface area contributed by atoms with Gasteiger partial charge >= 0.3 is 6.18 Å². The molecule has 1 aliphatic carbocycles. The molecule has 168 valence electrons. The molecule has 1 saturated carbocycles. The van der Waals surface area contributed by atoms with Crippen LogP contribution >= 0.6 is 11.3 Å². The largest absolute Gasteiger partial charge is 0.459 e. The first-order valence-corrected chi connectivity index (χ1v) is 10.9. The summed E-state index contributed by atoms with van der Waals surface area (Å²) in [6.07, 6.45) is -1.43. The van der Waals surface area contributed by atoms with Gasteiger partial charge in [0.15, 0.2) is 10.9 Å². The minimum Gasteiger partial charge on any atom is -0.459 e. The number of halogens is 3. The van der Waals surface area contributed by atoms with Crippen molar-refractivity contribution in [2.45, 2.75) is 44.4 Å². The second kappa shape index (κ2) is 8.78. The smallest absolute Gasteiger partial charge is 0.416 e. The molecule has 0 saturated heterocycles. The second-order valence-electron chi connectivity index (χ2n) is 7.58. The number of hydrogen-bond donors (Lipinski definition) is 1. The Hall–Kier alpha value is -3.14. The van der Waals surface area contributed by atoms with Gasteiger partial charge in [0.25, 0.3) is 5.91 Å². The Kier molecular flexibility index (Phi) is 6.05. The lowest BCUT2D eigenvalue weighted by Crippen LogP contribution is -2.36.